The lowest BCUT2D eigenvalue weighted by atomic mass is 10.1. The van der Waals surface area contributed by atoms with Gasteiger partial charge in [0.05, 0.1) is 0 Å². The van der Waals surface area contributed by atoms with Crippen LogP contribution in [-0.2, 0) is 4.79 Å². The molecule has 0 saturated carbocycles. The molecule has 1 N–H and O–H groups in total. The molecule has 3 rings (SSSR count). The summed E-state index contributed by atoms with van der Waals surface area (Å²) < 4.78 is 2.99. The van der Waals surface area contributed by atoms with E-state index in [2.05, 4.69) is 68.8 Å². The summed E-state index contributed by atoms with van der Waals surface area (Å²) in [5.41, 5.74) is 5.78. The van der Waals surface area contributed by atoms with Gasteiger partial charge in [0.15, 0.2) is 0 Å². The van der Waals surface area contributed by atoms with Crippen LogP contribution in [-0.4, -0.2) is 23.6 Å². The molecule has 0 aliphatic heterocycles. The van der Waals surface area contributed by atoms with Crippen LogP contribution in [0.1, 0.15) is 30.8 Å². The quantitative estimate of drug-likeness (QED) is 0.314. The van der Waals surface area contributed by atoms with E-state index in [0.717, 1.165) is 40.2 Å². The first kappa shape index (κ1) is 23.4. The van der Waals surface area contributed by atoms with E-state index in [-0.39, 0.29) is 5.57 Å². The molecule has 1 amide bonds. The van der Waals surface area contributed by atoms with Crippen LogP contribution in [0.25, 0.3) is 11.8 Å². The van der Waals surface area contributed by atoms with E-state index in [4.69, 9.17) is 0 Å². The fourth-order valence-corrected chi connectivity index (χ4v) is 4.20. The number of hydrogen-bond acceptors (Lipinski definition) is 3. The maximum atomic E-state index is 12.7. The van der Waals surface area contributed by atoms with Gasteiger partial charge in [0.1, 0.15) is 11.6 Å². The van der Waals surface area contributed by atoms with Crippen molar-refractivity contribution in [2.75, 3.05) is 23.3 Å². The standard InChI is InChI=1S/C26H27BrN4O/c1-5-30(6-2)24-10-12-25(13-11-24)31-18(3)14-20(19(31)4)15-21(17-28)26(32)29-23-9-7-8-22(27)16-23/h7-16H,5-6H2,1-4H3,(H,29,32)/b21-15-. The third-order valence-corrected chi connectivity index (χ3v) is 5.95. The largest absolute Gasteiger partial charge is 0.372 e. The summed E-state index contributed by atoms with van der Waals surface area (Å²) in [6.45, 7) is 10.2. The first-order valence-corrected chi connectivity index (χ1v) is 11.4. The van der Waals surface area contributed by atoms with Crippen molar-refractivity contribution in [2.45, 2.75) is 27.7 Å². The Morgan fingerprint density at radius 3 is 2.41 bits per heavy atom. The van der Waals surface area contributed by atoms with Gasteiger partial charge in [-0.2, -0.15) is 5.26 Å². The number of halogens is 1. The molecular formula is C26H27BrN4O. The fourth-order valence-electron chi connectivity index (χ4n) is 3.80. The summed E-state index contributed by atoms with van der Waals surface area (Å²) in [7, 11) is 0. The molecule has 0 radical (unpaired) electrons. The molecule has 0 atom stereocenters. The number of carbonyl (C=O) groups excluding carboxylic acids is 1. The molecule has 32 heavy (non-hydrogen) atoms. The molecule has 1 heterocycles. The number of nitriles is 1. The van der Waals surface area contributed by atoms with Gasteiger partial charge in [-0.1, -0.05) is 22.0 Å². The lowest BCUT2D eigenvalue weighted by Crippen LogP contribution is -2.21. The van der Waals surface area contributed by atoms with Crippen LogP contribution in [0.3, 0.4) is 0 Å². The van der Waals surface area contributed by atoms with Crippen LogP contribution in [0, 0.1) is 25.2 Å². The monoisotopic (exact) mass is 490 g/mol. The summed E-state index contributed by atoms with van der Waals surface area (Å²) in [4.78, 5) is 15.0. The molecule has 2 aromatic carbocycles. The Morgan fingerprint density at radius 2 is 1.81 bits per heavy atom. The number of amides is 1. The van der Waals surface area contributed by atoms with Gasteiger partial charge in [-0.25, -0.2) is 0 Å². The predicted octanol–water partition coefficient (Wildman–Crippen LogP) is 6.25. The minimum atomic E-state index is -0.432. The normalized spacial score (nSPS) is 11.2. The summed E-state index contributed by atoms with van der Waals surface area (Å²) in [6, 6.07) is 19.8. The van der Waals surface area contributed by atoms with E-state index in [1.165, 1.54) is 5.69 Å². The lowest BCUT2D eigenvalue weighted by molar-refractivity contribution is -0.112. The van der Waals surface area contributed by atoms with E-state index < -0.39 is 5.91 Å². The van der Waals surface area contributed by atoms with E-state index in [0.29, 0.717) is 5.69 Å². The Labute approximate surface area is 198 Å². The molecule has 3 aromatic rings. The number of carbonyl (C=O) groups is 1. The van der Waals surface area contributed by atoms with Crippen molar-refractivity contribution in [2.24, 2.45) is 0 Å². The molecule has 0 unspecified atom stereocenters. The number of rotatable bonds is 7. The smallest absolute Gasteiger partial charge is 0.266 e. The fraction of sp³-hybridized carbons (Fsp3) is 0.231. The Balaban J connectivity index is 1.89. The van der Waals surface area contributed by atoms with Crippen molar-refractivity contribution in [1.82, 2.24) is 4.57 Å². The summed E-state index contributed by atoms with van der Waals surface area (Å²) in [5, 5.41) is 12.4. The molecule has 6 heteroatoms. The molecular weight excluding hydrogens is 464 g/mol. The van der Waals surface area contributed by atoms with Gasteiger partial charge in [-0.3, -0.25) is 4.79 Å². The Kier molecular flexibility index (Phi) is 7.55. The first-order valence-electron chi connectivity index (χ1n) is 10.6. The molecule has 0 aliphatic carbocycles. The zero-order chi connectivity index (χ0) is 23.3. The second-order valence-corrected chi connectivity index (χ2v) is 8.40. The van der Waals surface area contributed by atoms with E-state index >= 15 is 0 Å². The van der Waals surface area contributed by atoms with Crippen molar-refractivity contribution < 1.29 is 4.79 Å². The summed E-state index contributed by atoms with van der Waals surface area (Å²) in [5.74, 6) is -0.432. The molecule has 0 spiro atoms. The van der Waals surface area contributed by atoms with Gasteiger partial charge < -0.3 is 14.8 Å². The van der Waals surface area contributed by atoms with Crippen LogP contribution in [0.5, 0.6) is 0 Å². The van der Waals surface area contributed by atoms with Gasteiger partial charge in [-0.15, -0.1) is 0 Å². The minimum absolute atomic E-state index is 0.0575. The molecule has 0 fully saturated rings. The minimum Gasteiger partial charge on any atom is -0.372 e. The molecule has 164 valence electrons. The number of aromatic nitrogens is 1. The average molecular weight is 491 g/mol. The summed E-state index contributed by atoms with van der Waals surface area (Å²) in [6.07, 6.45) is 1.65. The average Bonchev–Trinajstić information content (AvgIpc) is 3.06. The highest BCUT2D eigenvalue weighted by molar-refractivity contribution is 9.10. The van der Waals surface area contributed by atoms with Gasteiger partial charge in [0.2, 0.25) is 0 Å². The van der Waals surface area contributed by atoms with E-state index in [9.17, 15) is 10.1 Å². The van der Waals surface area contributed by atoms with E-state index in [1.807, 2.05) is 38.1 Å². The number of aryl methyl sites for hydroxylation is 1. The Bertz CT molecular complexity index is 1180. The van der Waals surface area contributed by atoms with Crippen molar-refractivity contribution in [3.8, 4) is 11.8 Å². The number of benzene rings is 2. The maximum Gasteiger partial charge on any atom is 0.266 e. The highest BCUT2D eigenvalue weighted by atomic mass is 79.9. The molecule has 0 saturated heterocycles. The van der Waals surface area contributed by atoms with Crippen molar-refractivity contribution >= 4 is 39.3 Å². The van der Waals surface area contributed by atoms with Crippen LogP contribution >= 0.6 is 15.9 Å². The van der Waals surface area contributed by atoms with Gasteiger partial charge in [0, 0.05) is 46.0 Å². The van der Waals surface area contributed by atoms with E-state index in [1.54, 1.807) is 18.2 Å². The second-order valence-electron chi connectivity index (χ2n) is 7.48. The molecule has 1 aromatic heterocycles. The molecule has 5 nitrogen and oxygen atoms in total. The van der Waals surface area contributed by atoms with Gasteiger partial charge in [-0.05, 0) is 87.9 Å². The zero-order valence-electron chi connectivity index (χ0n) is 18.8. The summed E-state index contributed by atoms with van der Waals surface area (Å²) >= 11 is 3.39. The molecule has 0 bridgehead atoms. The maximum absolute atomic E-state index is 12.7. The zero-order valence-corrected chi connectivity index (χ0v) is 20.4. The van der Waals surface area contributed by atoms with Crippen molar-refractivity contribution in [3.05, 3.63) is 81.6 Å². The van der Waals surface area contributed by atoms with Gasteiger partial charge in [0.25, 0.3) is 5.91 Å². The number of anilines is 2. The third kappa shape index (κ3) is 5.12. The first-order chi connectivity index (χ1) is 15.4. The van der Waals surface area contributed by atoms with Crippen molar-refractivity contribution in [1.29, 1.82) is 5.26 Å². The SMILES string of the molecule is CCN(CC)c1ccc(-n2c(C)cc(/C=C(/C#N)C(=O)Nc3cccc(Br)c3)c2C)cc1. The molecule has 0 aliphatic rings. The number of nitrogens with zero attached hydrogens (tertiary/aromatic N) is 3. The van der Waals surface area contributed by atoms with Crippen LogP contribution in [0.4, 0.5) is 11.4 Å². The van der Waals surface area contributed by atoms with Crippen LogP contribution in [0.15, 0.2) is 64.6 Å². The Morgan fingerprint density at radius 1 is 1.12 bits per heavy atom. The second kappa shape index (κ2) is 10.3. The predicted molar refractivity (Wildman–Crippen MR) is 135 cm³/mol. The van der Waals surface area contributed by atoms with Crippen LogP contribution in [0.2, 0.25) is 0 Å². The van der Waals surface area contributed by atoms with Crippen LogP contribution < -0.4 is 10.2 Å². The topological polar surface area (TPSA) is 61.1 Å². The lowest BCUT2D eigenvalue weighted by Gasteiger charge is -2.21. The van der Waals surface area contributed by atoms with Crippen molar-refractivity contribution in [3.63, 3.8) is 0 Å². The number of hydrogen-bond donors (Lipinski definition) is 1. The van der Waals surface area contributed by atoms with Gasteiger partial charge >= 0.3 is 0 Å². The highest BCUT2D eigenvalue weighted by Crippen LogP contribution is 2.25. The highest BCUT2D eigenvalue weighted by Gasteiger charge is 2.14. The third-order valence-electron chi connectivity index (χ3n) is 5.45. The Hall–Kier alpha value is -3.30. The number of nitrogens with one attached hydrogen (secondary N) is 1.